The average Bonchev–Trinajstić information content (AvgIpc) is 2.60. The van der Waals surface area contributed by atoms with Gasteiger partial charge in [-0.05, 0) is 17.7 Å². The van der Waals surface area contributed by atoms with Crippen LogP contribution in [-0.2, 0) is 4.79 Å². The number of hydrogen-bond donors (Lipinski definition) is 3. The van der Waals surface area contributed by atoms with E-state index in [2.05, 4.69) is 15.6 Å². The molecule has 4 nitrogen and oxygen atoms in total. The smallest absolute Gasteiger partial charge is 0.244 e. The Bertz CT molecular complexity index is 330. The van der Waals surface area contributed by atoms with E-state index in [9.17, 15) is 4.79 Å². The lowest BCUT2D eigenvalue weighted by Crippen LogP contribution is -2.56. The van der Waals surface area contributed by atoms with Gasteiger partial charge in [-0.3, -0.25) is 4.79 Å². The van der Waals surface area contributed by atoms with Gasteiger partial charge in [0.25, 0.3) is 0 Å². The number of nitrogens with one attached hydrogen (secondary N) is 3. The molecule has 0 saturated carbocycles. The molecule has 1 fully saturated rings. The molecule has 0 aliphatic carbocycles. The zero-order chi connectivity index (χ0) is 9.80. The second-order valence-electron chi connectivity index (χ2n) is 3.34. The lowest BCUT2D eigenvalue weighted by atomic mass is 10.2. The summed E-state index contributed by atoms with van der Waals surface area (Å²) < 4.78 is 0. The molecule has 15 heavy (non-hydrogen) atoms. The first-order chi connectivity index (χ1) is 6.84. The Morgan fingerprint density at radius 1 is 1.53 bits per heavy atom. The molecule has 0 atom stereocenters. The van der Waals surface area contributed by atoms with Gasteiger partial charge in [0.1, 0.15) is 0 Å². The summed E-state index contributed by atoms with van der Waals surface area (Å²) in [5, 5.41) is 5.97. The van der Waals surface area contributed by atoms with Crippen molar-refractivity contribution >= 4 is 24.4 Å². The van der Waals surface area contributed by atoms with Crippen LogP contribution in [0.5, 0.6) is 0 Å². The van der Waals surface area contributed by atoms with E-state index in [1.165, 1.54) is 0 Å². The van der Waals surface area contributed by atoms with Crippen molar-refractivity contribution in [2.45, 2.75) is 6.04 Å². The Labute approximate surface area is 94.5 Å². The van der Waals surface area contributed by atoms with Gasteiger partial charge in [0.15, 0.2) is 0 Å². The maximum atomic E-state index is 11.3. The minimum absolute atomic E-state index is 0. The number of amides is 1. The van der Waals surface area contributed by atoms with Gasteiger partial charge in [-0.2, -0.15) is 0 Å². The van der Waals surface area contributed by atoms with Gasteiger partial charge in [0.2, 0.25) is 5.91 Å². The normalized spacial score (nSPS) is 15.7. The van der Waals surface area contributed by atoms with Crippen LogP contribution in [0.2, 0.25) is 0 Å². The Morgan fingerprint density at radius 3 is 2.87 bits per heavy atom. The monoisotopic (exact) mass is 227 g/mol. The number of rotatable bonds is 3. The predicted octanol–water partition coefficient (Wildman–Crippen LogP) is 0.538. The first-order valence-electron chi connectivity index (χ1n) is 4.67. The molecular formula is C10H14ClN3O. The number of hydrogen-bond acceptors (Lipinski definition) is 2. The SMILES string of the molecule is Cl.O=C(/C=C/c1cc[nH]c1)NC1CNC1. The van der Waals surface area contributed by atoms with Crippen LogP contribution in [0.3, 0.4) is 0 Å². The number of aromatic amines is 1. The quantitative estimate of drug-likeness (QED) is 0.661. The van der Waals surface area contributed by atoms with Gasteiger partial charge < -0.3 is 15.6 Å². The van der Waals surface area contributed by atoms with Gasteiger partial charge >= 0.3 is 0 Å². The molecule has 0 aromatic carbocycles. The maximum absolute atomic E-state index is 11.3. The summed E-state index contributed by atoms with van der Waals surface area (Å²) in [6.45, 7) is 1.76. The van der Waals surface area contributed by atoms with Crippen LogP contribution in [0.25, 0.3) is 6.08 Å². The van der Waals surface area contributed by atoms with Crippen molar-refractivity contribution in [3.05, 3.63) is 30.1 Å². The summed E-state index contributed by atoms with van der Waals surface area (Å²) >= 11 is 0. The average molecular weight is 228 g/mol. The van der Waals surface area contributed by atoms with Crippen LogP contribution in [0, 0.1) is 0 Å². The third kappa shape index (κ3) is 3.42. The molecule has 1 saturated heterocycles. The van der Waals surface area contributed by atoms with E-state index in [4.69, 9.17) is 0 Å². The zero-order valence-electron chi connectivity index (χ0n) is 8.19. The summed E-state index contributed by atoms with van der Waals surface area (Å²) in [4.78, 5) is 14.2. The van der Waals surface area contributed by atoms with Crippen molar-refractivity contribution < 1.29 is 4.79 Å². The molecule has 82 valence electrons. The van der Waals surface area contributed by atoms with E-state index in [0.29, 0.717) is 6.04 Å². The number of carbonyl (C=O) groups is 1. The Balaban J connectivity index is 0.00000112. The molecule has 0 unspecified atom stereocenters. The molecule has 1 amide bonds. The lowest BCUT2D eigenvalue weighted by Gasteiger charge is -2.27. The van der Waals surface area contributed by atoms with E-state index in [0.717, 1.165) is 18.7 Å². The van der Waals surface area contributed by atoms with Crippen molar-refractivity contribution in [2.24, 2.45) is 0 Å². The van der Waals surface area contributed by atoms with Gasteiger partial charge in [0, 0.05) is 31.6 Å². The van der Waals surface area contributed by atoms with Crippen LogP contribution < -0.4 is 10.6 Å². The molecule has 1 aromatic rings. The number of carbonyl (C=O) groups excluding carboxylic acids is 1. The van der Waals surface area contributed by atoms with Crippen LogP contribution in [-0.4, -0.2) is 30.0 Å². The summed E-state index contributed by atoms with van der Waals surface area (Å²) in [5.41, 5.74) is 1.01. The minimum atomic E-state index is -0.0299. The second kappa shape index (κ2) is 5.58. The fourth-order valence-electron chi connectivity index (χ4n) is 1.25. The highest BCUT2D eigenvalue weighted by atomic mass is 35.5. The highest BCUT2D eigenvalue weighted by Gasteiger charge is 2.16. The summed E-state index contributed by atoms with van der Waals surface area (Å²) in [7, 11) is 0. The Kier molecular flexibility index (Phi) is 4.39. The standard InChI is InChI=1S/C10H13N3O.ClH/c14-10(13-9-6-12-7-9)2-1-8-3-4-11-5-8;/h1-5,9,11-12H,6-7H2,(H,13,14);1H/b2-1+;. The van der Waals surface area contributed by atoms with E-state index < -0.39 is 0 Å². The molecule has 1 aromatic heterocycles. The second-order valence-corrected chi connectivity index (χ2v) is 3.34. The van der Waals surface area contributed by atoms with Crippen LogP contribution in [0.1, 0.15) is 5.56 Å². The maximum Gasteiger partial charge on any atom is 0.244 e. The fourth-order valence-corrected chi connectivity index (χ4v) is 1.25. The third-order valence-electron chi connectivity index (χ3n) is 2.18. The molecule has 3 N–H and O–H groups in total. The highest BCUT2D eigenvalue weighted by Crippen LogP contribution is 1.99. The summed E-state index contributed by atoms with van der Waals surface area (Å²) in [5.74, 6) is -0.0299. The van der Waals surface area contributed by atoms with Crippen LogP contribution in [0.15, 0.2) is 24.5 Å². The van der Waals surface area contributed by atoms with Crippen LogP contribution >= 0.6 is 12.4 Å². The fraction of sp³-hybridized carbons (Fsp3) is 0.300. The molecule has 2 heterocycles. The topological polar surface area (TPSA) is 56.9 Å². The predicted molar refractivity (Wildman–Crippen MR) is 61.9 cm³/mol. The first kappa shape index (κ1) is 11.8. The van der Waals surface area contributed by atoms with E-state index in [-0.39, 0.29) is 18.3 Å². The van der Waals surface area contributed by atoms with Crippen molar-refractivity contribution in [2.75, 3.05) is 13.1 Å². The van der Waals surface area contributed by atoms with Crippen molar-refractivity contribution in [3.8, 4) is 0 Å². The number of aromatic nitrogens is 1. The molecule has 0 bridgehead atoms. The number of halogens is 1. The molecular weight excluding hydrogens is 214 g/mol. The molecule has 2 rings (SSSR count). The van der Waals surface area contributed by atoms with Crippen molar-refractivity contribution in [1.82, 2.24) is 15.6 Å². The van der Waals surface area contributed by atoms with Gasteiger partial charge in [-0.1, -0.05) is 0 Å². The lowest BCUT2D eigenvalue weighted by molar-refractivity contribution is -0.117. The third-order valence-corrected chi connectivity index (χ3v) is 2.18. The van der Waals surface area contributed by atoms with Crippen molar-refractivity contribution in [3.63, 3.8) is 0 Å². The van der Waals surface area contributed by atoms with Crippen LogP contribution in [0.4, 0.5) is 0 Å². The van der Waals surface area contributed by atoms with Gasteiger partial charge in [-0.15, -0.1) is 12.4 Å². The summed E-state index contributed by atoms with van der Waals surface area (Å²) in [6.07, 6.45) is 7.02. The highest BCUT2D eigenvalue weighted by molar-refractivity contribution is 5.91. The number of H-pyrrole nitrogens is 1. The van der Waals surface area contributed by atoms with Crippen molar-refractivity contribution in [1.29, 1.82) is 0 Å². The Hall–Kier alpha value is -1.26. The zero-order valence-corrected chi connectivity index (χ0v) is 9.01. The first-order valence-corrected chi connectivity index (χ1v) is 4.67. The largest absolute Gasteiger partial charge is 0.367 e. The van der Waals surface area contributed by atoms with Gasteiger partial charge in [-0.25, -0.2) is 0 Å². The van der Waals surface area contributed by atoms with E-state index in [1.807, 2.05) is 18.5 Å². The minimum Gasteiger partial charge on any atom is -0.367 e. The molecule has 1 aliphatic heterocycles. The Morgan fingerprint density at radius 2 is 2.33 bits per heavy atom. The molecule has 5 heteroatoms. The van der Waals surface area contributed by atoms with E-state index in [1.54, 1.807) is 12.2 Å². The molecule has 0 radical (unpaired) electrons. The molecule has 0 spiro atoms. The summed E-state index contributed by atoms with van der Waals surface area (Å²) in [6, 6.07) is 2.22. The molecule has 1 aliphatic rings. The van der Waals surface area contributed by atoms with Gasteiger partial charge in [0.05, 0.1) is 6.04 Å². The van der Waals surface area contributed by atoms with E-state index >= 15 is 0 Å².